The molecular formula is C16H10Cl2O2. The molecule has 4 heteroatoms. The van der Waals surface area contributed by atoms with Crippen LogP contribution >= 0.6 is 23.2 Å². The summed E-state index contributed by atoms with van der Waals surface area (Å²) in [6, 6.07) is 12.7. The van der Waals surface area contributed by atoms with Gasteiger partial charge in [-0.2, -0.15) is 0 Å². The molecule has 0 radical (unpaired) electrons. The third-order valence-corrected chi connectivity index (χ3v) is 3.99. The van der Waals surface area contributed by atoms with Crippen molar-refractivity contribution in [2.75, 3.05) is 0 Å². The van der Waals surface area contributed by atoms with Gasteiger partial charge < -0.3 is 4.42 Å². The molecule has 0 N–H and O–H groups in total. The van der Waals surface area contributed by atoms with Gasteiger partial charge in [0.2, 0.25) is 0 Å². The Hall–Kier alpha value is -1.77. The lowest BCUT2D eigenvalue weighted by Gasteiger charge is -2.08. The Balaban J connectivity index is 2.41. The van der Waals surface area contributed by atoms with Gasteiger partial charge in [0.25, 0.3) is 0 Å². The van der Waals surface area contributed by atoms with Gasteiger partial charge in [0.05, 0.1) is 15.6 Å². The molecule has 0 amide bonds. The molecule has 3 aromatic rings. The quantitative estimate of drug-likeness (QED) is 0.587. The van der Waals surface area contributed by atoms with Crippen LogP contribution in [0, 0.1) is 6.92 Å². The summed E-state index contributed by atoms with van der Waals surface area (Å²) in [6.07, 6.45) is 0. The van der Waals surface area contributed by atoms with E-state index in [9.17, 15) is 4.79 Å². The van der Waals surface area contributed by atoms with Crippen LogP contribution in [0.4, 0.5) is 0 Å². The number of rotatable bonds is 1. The lowest BCUT2D eigenvalue weighted by molar-refractivity contribution is 0.562. The highest BCUT2D eigenvalue weighted by molar-refractivity contribution is 6.42. The van der Waals surface area contributed by atoms with Crippen molar-refractivity contribution in [1.82, 2.24) is 0 Å². The largest absolute Gasteiger partial charge is 0.422 e. The third kappa shape index (κ3) is 2.11. The highest BCUT2D eigenvalue weighted by Crippen LogP contribution is 2.32. The molecule has 0 atom stereocenters. The van der Waals surface area contributed by atoms with Gasteiger partial charge in [-0.1, -0.05) is 53.5 Å². The molecule has 1 aromatic heterocycles. The maximum atomic E-state index is 12.2. The second kappa shape index (κ2) is 4.97. The second-order valence-electron chi connectivity index (χ2n) is 4.52. The van der Waals surface area contributed by atoms with Gasteiger partial charge in [-0.05, 0) is 24.1 Å². The highest BCUT2D eigenvalue weighted by Gasteiger charge is 2.14. The van der Waals surface area contributed by atoms with E-state index in [2.05, 4.69) is 0 Å². The molecule has 0 aliphatic rings. The minimum atomic E-state index is -0.375. The van der Waals surface area contributed by atoms with Crippen LogP contribution in [0.5, 0.6) is 0 Å². The minimum Gasteiger partial charge on any atom is -0.422 e. The van der Waals surface area contributed by atoms with Gasteiger partial charge in [-0.25, -0.2) is 4.79 Å². The molecule has 0 aliphatic heterocycles. The Morgan fingerprint density at radius 1 is 1.00 bits per heavy atom. The normalized spacial score (nSPS) is 10.9. The topological polar surface area (TPSA) is 30.2 Å². The Bertz CT molecular complexity index is 852. The van der Waals surface area contributed by atoms with Crippen LogP contribution in [-0.4, -0.2) is 0 Å². The van der Waals surface area contributed by atoms with E-state index < -0.39 is 0 Å². The summed E-state index contributed by atoms with van der Waals surface area (Å²) in [4.78, 5) is 12.2. The number of hydrogen-bond donors (Lipinski definition) is 0. The fourth-order valence-corrected chi connectivity index (χ4v) is 2.60. The molecular weight excluding hydrogens is 295 g/mol. The fraction of sp³-hybridized carbons (Fsp3) is 0.0625. The molecule has 100 valence electrons. The number of halogens is 2. The molecule has 0 fully saturated rings. The smallest absolute Gasteiger partial charge is 0.344 e. The predicted octanol–water partition coefficient (Wildman–Crippen LogP) is 5.08. The molecule has 0 saturated heterocycles. The SMILES string of the molecule is Cc1c(-c2ccccc2)c(=O)oc2cc(Cl)c(Cl)cc12. The van der Waals surface area contributed by atoms with Gasteiger partial charge in [0, 0.05) is 11.5 Å². The van der Waals surface area contributed by atoms with E-state index in [0.717, 1.165) is 16.5 Å². The summed E-state index contributed by atoms with van der Waals surface area (Å²) >= 11 is 12.0. The molecule has 0 aliphatic carbocycles. The van der Waals surface area contributed by atoms with Crippen molar-refractivity contribution in [2.24, 2.45) is 0 Å². The lowest BCUT2D eigenvalue weighted by atomic mass is 10.00. The number of hydrogen-bond acceptors (Lipinski definition) is 2. The Morgan fingerprint density at radius 3 is 2.35 bits per heavy atom. The zero-order valence-corrected chi connectivity index (χ0v) is 12.1. The van der Waals surface area contributed by atoms with E-state index in [1.54, 1.807) is 12.1 Å². The van der Waals surface area contributed by atoms with Crippen molar-refractivity contribution in [1.29, 1.82) is 0 Å². The molecule has 0 spiro atoms. The van der Waals surface area contributed by atoms with Gasteiger partial charge in [-0.3, -0.25) is 0 Å². The molecule has 3 rings (SSSR count). The standard InChI is InChI=1S/C16H10Cl2O2/c1-9-11-7-12(17)13(18)8-14(11)20-16(19)15(9)10-5-3-2-4-6-10/h2-8H,1H3. The molecule has 20 heavy (non-hydrogen) atoms. The average molecular weight is 305 g/mol. The van der Waals surface area contributed by atoms with Gasteiger partial charge in [0.1, 0.15) is 5.58 Å². The van der Waals surface area contributed by atoms with Crippen LogP contribution in [0.25, 0.3) is 22.1 Å². The first-order valence-corrected chi connectivity index (χ1v) is 6.81. The number of aryl methyl sites for hydroxylation is 1. The van der Waals surface area contributed by atoms with E-state index in [-0.39, 0.29) is 5.63 Å². The van der Waals surface area contributed by atoms with Crippen molar-refractivity contribution in [3.63, 3.8) is 0 Å². The highest BCUT2D eigenvalue weighted by atomic mass is 35.5. The van der Waals surface area contributed by atoms with E-state index in [1.165, 1.54) is 0 Å². The van der Waals surface area contributed by atoms with Crippen LogP contribution in [0.3, 0.4) is 0 Å². The Kier molecular flexibility index (Phi) is 3.28. The molecule has 0 bridgehead atoms. The fourth-order valence-electron chi connectivity index (χ4n) is 2.28. The predicted molar refractivity (Wildman–Crippen MR) is 82.7 cm³/mol. The van der Waals surface area contributed by atoms with Crippen molar-refractivity contribution < 1.29 is 4.42 Å². The molecule has 1 heterocycles. The summed E-state index contributed by atoms with van der Waals surface area (Å²) in [6.45, 7) is 1.88. The first kappa shape index (κ1) is 13.2. The van der Waals surface area contributed by atoms with Crippen molar-refractivity contribution in [3.05, 3.63) is 68.5 Å². The minimum absolute atomic E-state index is 0.370. The van der Waals surface area contributed by atoms with E-state index >= 15 is 0 Å². The maximum Gasteiger partial charge on any atom is 0.344 e. The lowest BCUT2D eigenvalue weighted by Crippen LogP contribution is -2.05. The van der Waals surface area contributed by atoms with E-state index in [1.807, 2.05) is 37.3 Å². The van der Waals surface area contributed by atoms with Crippen LogP contribution in [-0.2, 0) is 0 Å². The monoisotopic (exact) mass is 304 g/mol. The van der Waals surface area contributed by atoms with Crippen molar-refractivity contribution in [2.45, 2.75) is 6.92 Å². The summed E-state index contributed by atoms with van der Waals surface area (Å²) in [5, 5.41) is 1.60. The molecule has 2 aromatic carbocycles. The number of fused-ring (bicyclic) bond motifs is 1. The molecule has 2 nitrogen and oxygen atoms in total. The first-order chi connectivity index (χ1) is 9.58. The summed E-state index contributed by atoms with van der Waals surface area (Å²) < 4.78 is 5.37. The van der Waals surface area contributed by atoms with Crippen molar-refractivity contribution >= 4 is 34.2 Å². The van der Waals surface area contributed by atoms with Crippen LogP contribution in [0.2, 0.25) is 10.0 Å². The van der Waals surface area contributed by atoms with Gasteiger partial charge in [0.15, 0.2) is 0 Å². The average Bonchev–Trinajstić information content (AvgIpc) is 2.43. The third-order valence-electron chi connectivity index (χ3n) is 3.27. The number of benzene rings is 2. The summed E-state index contributed by atoms with van der Waals surface area (Å²) in [5.41, 5.74) is 2.28. The zero-order chi connectivity index (χ0) is 14.3. The van der Waals surface area contributed by atoms with E-state index in [0.29, 0.717) is 21.2 Å². The second-order valence-corrected chi connectivity index (χ2v) is 5.33. The Labute approximate surface area is 125 Å². The molecule has 0 saturated carbocycles. The Morgan fingerprint density at radius 2 is 1.65 bits per heavy atom. The summed E-state index contributed by atoms with van der Waals surface area (Å²) in [5.74, 6) is 0. The van der Waals surface area contributed by atoms with Gasteiger partial charge in [-0.15, -0.1) is 0 Å². The summed E-state index contributed by atoms with van der Waals surface area (Å²) in [7, 11) is 0. The van der Waals surface area contributed by atoms with Gasteiger partial charge >= 0.3 is 5.63 Å². The van der Waals surface area contributed by atoms with E-state index in [4.69, 9.17) is 27.6 Å². The van der Waals surface area contributed by atoms with Crippen molar-refractivity contribution in [3.8, 4) is 11.1 Å². The van der Waals surface area contributed by atoms with Crippen LogP contribution < -0.4 is 5.63 Å². The molecule has 0 unspecified atom stereocenters. The van der Waals surface area contributed by atoms with Crippen LogP contribution in [0.1, 0.15) is 5.56 Å². The van der Waals surface area contributed by atoms with Crippen LogP contribution in [0.15, 0.2) is 51.7 Å². The maximum absolute atomic E-state index is 12.2. The first-order valence-electron chi connectivity index (χ1n) is 6.06. The zero-order valence-electron chi connectivity index (χ0n) is 10.6.